The largest absolute Gasteiger partial charge is 0.493 e. The molecule has 0 aliphatic rings. The van der Waals surface area contributed by atoms with Crippen LogP contribution in [0.1, 0.15) is 72.4 Å². The molecule has 74 heavy (non-hydrogen) atoms. The minimum Gasteiger partial charge on any atom is -0.493 e. The van der Waals surface area contributed by atoms with Crippen molar-refractivity contribution in [1.82, 2.24) is 20.0 Å². The van der Waals surface area contributed by atoms with Gasteiger partial charge in [0.15, 0.2) is 23.0 Å². The second-order valence-electron chi connectivity index (χ2n) is 17.1. The van der Waals surface area contributed by atoms with E-state index in [4.69, 9.17) is 84.7 Å². The summed E-state index contributed by atoms with van der Waals surface area (Å²) in [6, 6.07) is 17.0. The van der Waals surface area contributed by atoms with E-state index in [2.05, 4.69) is 18.5 Å². The van der Waals surface area contributed by atoms with Crippen LogP contribution >= 0.6 is 73.4 Å². The van der Waals surface area contributed by atoms with Gasteiger partial charge in [-0.1, -0.05) is 70.7 Å². The number of carbonyl (C=O) groups is 3. The van der Waals surface area contributed by atoms with Gasteiger partial charge in [-0.15, -0.1) is 13.2 Å². The van der Waals surface area contributed by atoms with E-state index in [9.17, 15) is 14.4 Å². The summed E-state index contributed by atoms with van der Waals surface area (Å²) in [7, 11) is 15.8. The van der Waals surface area contributed by atoms with Crippen molar-refractivity contribution in [3.05, 3.63) is 128 Å². The standard InChI is InChI=1S/C28H36Cl2N2O6.C23H28Cl2N2O4.C2H6O.2H2S/c1-10-13-28(19-11-12-20(29)21(30)16-19,32(6)26(34)38-27(2,3)4)17-31(5)25(33)18-14-22(35-7)24(37-9)23(15-18)36-8;1-7-10-23(26-2,16-8-9-17(24)18(25)13-16)14-27(3)22(28)15-11-19(29-4)21(31-6)20(12-15)30-5;1-2-3;;/h10-12,14-16H,1,13,17H2,2-9H3;7-9,11-13,26H,1,10,14H2,2-6H3;3H,2H2,1H3;2*1H2/t28-;23-;;;/m11.../s1. The Morgan fingerprint density at radius 1 is 0.608 bits per heavy atom. The van der Waals surface area contributed by atoms with E-state index < -0.39 is 22.8 Å². The lowest BCUT2D eigenvalue weighted by atomic mass is 9.84. The van der Waals surface area contributed by atoms with Crippen LogP contribution in [0, 0.1) is 0 Å². The molecule has 3 amide bonds. The normalized spacial score (nSPS) is 12.0. The quantitative estimate of drug-likeness (QED) is 0.0808. The van der Waals surface area contributed by atoms with Crippen molar-refractivity contribution in [2.24, 2.45) is 0 Å². The predicted molar refractivity (Wildman–Crippen MR) is 309 cm³/mol. The van der Waals surface area contributed by atoms with Gasteiger partial charge in [0.2, 0.25) is 11.5 Å². The van der Waals surface area contributed by atoms with Crippen LogP contribution in [0.15, 0.2) is 86.0 Å². The zero-order chi connectivity index (χ0) is 54.7. The highest BCUT2D eigenvalue weighted by Gasteiger charge is 2.43. The van der Waals surface area contributed by atoms with Crippen molar-refractivity contribution in [2.75, 3.05) is 90.5 Å². The number of ether oxygens (including phenoxy) is 7. The highest BCUT2D eigenvalue weighted by Crippen LogP contribution is 2.42. The first kappa shape index (κ1) is 69.2. The van der Waals surface area contributed by atoms with Gasteiger partial charge >= 0.3 is 6.09 Å². The Kier molecular flexibility index (Phi) is 29.8. The Hall–Kier alpha value is -4.85. The molecule has 0 unspecified atom stereocenters. The molecule has 0 aliphatic heterocycles. The molecule has 0 heterocycles. The highest BCUT2D eigenvalue weighted by atomic mass is 35.5. The highest BCUT2D eigenvalue weighted by molar-refractivity contribution is 7.59. The van der Waals surface area contributed by atoms with Crippen LogP contribution < -0.4 is 33.7 Å². The summed E-state index contributed by atoms with van der Waals surface area (Å²) in [5, 5.41) is 12.5. The van der Waals surface area contributed by atoms with E-state index in [1.54, 1.807) is 114 Å². The van der Waals surface area contributed by atoms with Crippen molar-refractivity contribution in [3.8, 4) is 34.5 Å². The van der Waals surface area contributed by atoms with Gasteiger partial charge in [-0.25, -0.2) is 4.79 Å². The molecule has 0 fully saturated rings. The Morgan fingerprint density at radius 3 is 1.30 bits per heavy atom. The third kappa shape index (κ3) is 17.6. The molecule has 4 aromatic rings. The second kappa shape index (κ2) is 31.9. The van der Waals surface area contributed by atoms with Gasteiger partial charge in [0.1, 0.15) is 5.60 Å². The summed E-state index contributed by atoms with van der Waals surface area (Å²) >= 11 is 24.9. The van der Waals surface area contributed by atoms with Crippen LogP contribution in [0.3, 0.4) is 0 Å². The number of benzene rings is 4. The number of halogens is 4. The number of aliphatic hydroxyl groups excluding tert-OH is 1. The smallest absolute Gasteiger partial charge is 0.410 e. The zero-order valence-corrected chi connectivity index (χ0v) is 49.8. The predicted octanol–water partition coefficient (Wildman–Crippen LogP) is 11.4. The molecule has 0 aromatic heterocycles. The first-order chi connectivity index (χ1) is 33.9. The molecular weight excluding hydrogens is 1070 g/mol. The fourth-order valence-corrected chi connectivity index (χ4v) is 8.27. The van der Waals surface area contributed by atoms with Gasteiger partial charge in [0.05, 0.1) is 73.8 Å². The van der Waals surface area contributed by atoms with E-state index >= 15 is 0 Å². The van der Waals surface area contributed by atoms with Gasteiger partial charge in [0, 0.05) is 52.0 Å². The van der Waals surface area contributed by atoms with Crippen LogP contribution in [-0.2, 0) is 15.8 Å². The number of methoxy groups -OCH3 is 6. The maximum Gasteiger partial charge on any atom is 0.410 e. The summed E-state index contributed by atoms with van der Waals surface area (Å²) in [5.41, 5.74) is -0.164. The Bertz CT molecular complexity index is 2450. The summed E-state index contributed by atoms with van der Waals surface area (Å²) in [6.45, 7) is 15.5. The van der Waals surface area contributed by atoms with Crippen molar-refractivity contribution < 1.29 is 52.6 Å². The maximum atomic E-state index is 13.7. The minimum absolute atomic E-state index is 0. The van der Waals surface area contributed by atoms with E-state index in [1.165, 1.54) is 52.5 Å². The Morgan fingerprint density at radius 2 is 0.973 bits per heavy atom. The fraction of sp³-hybridized carbons (Fsp3) is 0.415. The van der Waals surface area contributed by atoms with Gasteiger partial charge in [-0.2, -0.15) is 27.0 Å². The molecule has 15 nitrogen and oxygen atoms in total. The number of rotatable bonds is 20. The molecule has 4 rings (SSSR count). The number of hydrogen-bond acceptors (Lipinski definition) is 12. The van der Waals surface area contributed by atoms with Crippen LogP contribution in [0.4, 0.5) is 4.79 Å². The fourth-order valence-electron chi connectivity index (χ4n) is 7.67. The molecule has 0 spiro atoms. The number of likely N-dealkylation sites (N-methyl/N-ethyl adjacent to an activating group) is 4. The summed E-state index contributed by atoms with van der Waals surface area (Å²) in [5.74, 6) is 1.76. The number of nitrogens with zero attached hydrogens (tertiary/aromatic N) is 3. The molecule has 0 saturated heterocycles. The van der Waals surface area contributed by atoms with Crippen molar-refractivity contribution in [1.29, 1.82) is 0 Å². The number of hydrogen-bond donors (Lipinski definition) is 2. The molecule has 21 heteroatoms. The molecule has 2 atom stereocenters. The Labute approximate surface area is 471 Å². The minimum atomic E-state index is -1.09. The van der Waals surface area contributed by atoms with E-state index in [0.717, 1.165) is 5.56 Å². The average molecular weight is 1150 g/mol. The summed E-state index contributed by atoms with van der Waals surface area (Å²) in [6.07, 6.45) is 3.76. The summed E-state index contributed by atoms with van der Waals surface area (Å²) < 4.78 is 38.0. The topological polar surface area (TPSA) is 158 Å². The first-order valence-electron chi connectivity index (χ1n) is 22.4. The van der Waals surface area contributed by atoms with E-state index in [-0.39, 0.29) is 58.4 Å². The third-order valence-electron chi connectivity index (χ3n) is 11.2. The molecule has 0 saturated carbocycles. The van der Waals surface area contributed by atoms with Crippen LogP contribution in [0.25, 0.3) is 0 Å². The van der Waals surface area contributed by atoms with Crippen molar-refractivity contribution in [2.45, 2.75) is 57.2 Å². The van der Waals surface area contributed by atoms with Crippen LogP contribution in [-0.4, -0.2) is 134 Å². The Balaban J connectivity index is 0.00000135. The van der Waals surface area contributed by atoms with Gasteiger partial charge in [-0.05, 0) is 107 Å². The second-order valence-corrected chi connectivity index (χ2v) is 18.7. The lowest BCUT2D eigenvalue weighted by Gasteiger charge is -2.44. The molecule has 0 bridgehead atoms. The monoisotopic (exact) mass is 1150 g/mol. The van der Waals surface area contributed by atoms with E-state index in [0.29, 0.717) is 84.2 Å². The number of carbonyl (C=O) groups excluding carboxylic acids is 3. The number of amides is 3. The lowest BCUT2D eigenvalue weighted by Crippen LogP contribution is -2.55. The van der Waals surface area contributed by atoms with Crippen molar-refractivity contribution in [3.63, 3.8) is 0 Å². The summed E-state index contributed by atoms with van der Waals surface area (Å²) in [4.78, 5) is 44.9. The first-order valence-corrected chi connectivity index (χ1v) is 23.9. The maximum absolute atomic E-state index is 13.7. The number of aliphatic hydroxyl groups is 1. The molecule has 2 N–H and O–H groups in total. The molecular formula is C53H74Cl4N4O11S2. The van der Waals surface area contributed by atoms with Gasteiger partial charge in [0.25, 0.3) is 11.8 Å². The molecule has 412 valence electrons. The average Bonchev–Trinajstić information content (AvgIpc) is 3.35. The zero-order valence-electron chi connectivity index (χ0n) is 44.8. The number of nitrogens with one attached hydrogen (secondary N) is 1. The SMILES string of the molecule is C=CC[C@@](CN(C)C(=O)c1cc(OC)c(OC)c(OC)c1)(c1ccc(Cl)c(Cl)c1)N(C)C(=O)OC(C)(C)C.C=CC[C@](CN(C)C(=O)c1cc(OC)c(OC)c(OC)c1)(NC)c1ccc(Cl)c(Cl)c1.CCO.S.S. The van der Waals surface area contributed by atoms with Crippen molar-refractivity contribution >= 4 is 91.3 Å². The van der Waals surface area contributed by atoms with E-state index in [1.807, 2.05) is 19.2 Å². The third-order valence-corrected chi connectivity index (χ3v) is 12.7. The molecule has 0 aliphatic carbocycles. The van der Waals surface area contributed by atoms with Crippen LogP contribution in [0.5, 0.6) is 34.5 Å². The lowest BCUT2D eigenvalue weighted by molar-refractivity contribution is -0.00258. The molecule has 0 radical (unpaired) electrons. The molecule has 4 aromatic carbocycles. The van der Waals surface area contributed by atoms with Gasteiger partial charge < -0.3 is 53.4 Å². The van der Waals surface area contributed by atoms with Gasteiger partial charge in [-0.3, -0.25) is 14.5 Å². The van der Waals surface area contributed by atoms with Crippen LogP contribution in [0.2, 0.25) is 20.1 Å².